The number of hydrogen-bond donors (Lipinski definition) is 4. The van der Waals surface area contributed by atoms with E-state index in [4.69, 9.17) is 42.6 Å². The number of pyridine rings is 4. The first-order valence-corrected chi connectivity index (χ1v) is 27.2. The lowest BCUT2D eigenvalue weighted by atomic mass is 10.2. The summed E-state index contributed by atoms with van der Waals surface area (Å²) in [5, 5.41) is 18.5. The van der Waals surface area contributed by atoms with Gasteiger partial charge in [0.2, 0.25) is 6.33 Å². The highest BCUT2D eigenvalue weighted by Crippen LogP contribution is 2.37. The lowest BCUT2D eigenvalue weighted by Gasteiger charge is -2.42. The smallest absolute Gasteiger partial charge is 0.257 e. The van der Waals surface area contributed by atoms with Gasteiger partial charge in [0, 0.05) is 94.1 Å². The number of rotatable bonds is 15. The number of aromatic nitrogens is 10. The highest BCUT2D eigenvalue weighted by molar-refractivity contribution is 5.93. The molecule has 2 aliphatic rings. The SMILES string of the molecule is CN(C)c1cccn2nc(N3CCC([N+](C)(C)C)C3)c(N)c12.CN(C)c1cccn2nc(OCC[N+]3(C)CCN(c4nn5cccc(N(C)C)c5c4N)CC3)c(N)c12.CN(C)c1cccn2nc(OCCn3cc[n+](C)c3)c(N)c12. The standard InChI is InChI=1S/C25H37N10O.C16H27N6.C15H21N6O/c1-30(2)18-8-6-10-33-22(18)20(26)24(28-33)32-12-14-35(5,15-13-32)16-17-36-25-21(27)23-19(31(3)4)9-7-11-34(23)29-25;1-19(2)13-7-6-9-21-15(13)14(17)16(18-21)20-10-8-12(11-20)22(3,4)5;1-18(2)12-5-4-6-21-14(12)13(16)15(17-21)22-10-9-20-8-7-19(3)11-20/h6-11H,12-17,26-27H2,1-5H3;6-7,9,12H,8,10-11,17H2,1-5H3;4-8,11H,9-10,16H2,1-3H3/q3*+1. The molecular formula is C56H85N22O2+3. The predicted octanol–water partition coefficient (Wildman–Crippen LogP) is 3.58. The molecule has 1 atom stereocenters. The van der Waals surface area contributed by atoms with Crippen LogP contribution in [0.1, 0.15) is 6.42 Å². The van der Waals surface area contributed by atoms with Crippen molar-refractivity contribution in [2.75, 3.05) is 196 Å². The van der Waals surface area contributed by atoms with Crippen molar-refractivity contribution in [1.82, 2.24) is 43.0 Å². The maximum absolute atomic E-state index is 6.60. The van der Waals surface area contributed by atoms with Crippen molar-refractivity contribution >= 4 is 79.2 Å². The van der Waals surface area contributed by atoms with Crippen LogP contribution >= 0.6 is 0 Å². The topological polar surface area (TPSA) is 220 Å². The average Bonchev–Trinajstić information content (AvgIpc) is 4.35. The van der Waals surface area contributed by atoms with Gasteiger partial charge in [-0.1, -0.05) is 0 Å². The molecule has 2 fully saturated rings. The summed E-state index contributed by atoms with van der Waals surface area (Å²) in [6.45, 7) is 8.41. The molecule has 8 N–H and O–H groups in total. The summed E-state index contributed by atoms with van der Waals surface area (Å²) in [6.07, 6.45) is 14.9. The lowest BCUT2D eigenvalue weighted by molar-refractivity contribution is -0.910. The van der Waals surface area contributed by atoms with Gasteiger partial charge in [-0.05, 0) is 48.5 Å². The summed E-state index contributed by atoms with van der Waals surface area (Å²) in [5.41, 5.74) is 36.2. The molecule has 2 saturated heterocycles. The van der Waals surface area contributed by atoms with Crippen LogP contribution in [-0.4, -0.2) is 202 Å². The summed E-state index contributed by atoms with van der Waals surface area (Å²) in [6, 6.07) is 16.7. The zero-order valence-electron chi connectivity index (χ0n) is 49.2. The minimum absolute atomic E-state index is 0.478. The molecule has 0 bridgehead atoms. The third-order valence-corrected chi connectivity index (χ3v) is 15.5. The van der Waals surface area contributed by atoms with Gasteiger partial charge in [0.1, 0.15) is 89.6 Å². The van der Waals surface area contributed by atoms with Crippen molar-refractivity contribution < 1.29 is 23.0 Å². The molecule has 11 heterocycles. The van der Waals surface area contributed by atoms with E-state index in [0.29, 0.717) is 42.4 Å². The molecule has 80 heavy (non-hydrogen) atoms. The molecule has 24 nitrogen and oxygen atoms in total. The largest absolute Gasteiger partial charge is 0.471 e. The van der Waals surface area contributed by atoms with Gasteiger partial charge in [-0.25, -0.2) is 27.2 Å². The van der Waals surface area contributed by atoms with Crippen molar-refractivity contribution in [2.45, 2.75) is 19.0 Å². The molecule has 0 radical (unpaired) electrons. The third kappa shape index (κ3) is 11.5. The third-order valence-electron chi connectivity index (χ3n) is 15.5. The maximum atomic E-state index is 6.60. The first-order chi connectivity index (χ1) is 38.0. The number of hydrogen-bond acceptors (Lipinski definition) is 16. The van der Waals surface area contributed by atoms with Crippen LogP contribution in [0.15, 0.2) is 92.0 Å². The van der Waals surface area contributed by atoms with Gasteiger partial charge in [-0.2, -0.15) is 0 Å². The average molecular weight is 1100 g/mol. The Hall–Kier alpha value is -8.51. The number of likely N-dealkylation sites (N-methyl/N-ethyl adjacent to an activating group) is 2. The number of aryl methyl sites for hydroxylation is 1. The van der Waals surface area contributed by atoms with Gasteiger partial charge in [0.05, 0.1) is 90.7 Å². The number of piperazine rings is 1. The van der Waals surface area contributed by atoms with E-state index in [1.165, 1.54) is 6.42 Å². The number of fused-ring (bicyclic) bond motifs is 4. The Morgan fingerprint density at radius 2 is 0.988 bits per heavy atom. The first kappa shape index (κ1) is 56.2. The predicted molar refractivity (Wildman–Crippen MR) is 324 cm³/mol. The molecule has 11 rings (SSSR count). The van der Waals surface area contributed by atoms with Crippen LogP contribution in [-0.2, 0) is 13.6 Å². The van der Waals surface area contributed by atoms with Crippen LogP contribution in [0.4, 0.5) is 57.1 Å². The Morgan fingerprint density at radius 3 is 1.39 bits per heavy atom. The Balaban J connectivity index is 0.000000153. The van der Waals surface area contributed by atoms with E-state index in [2.05, 4.69) is 74.7 Å². The van der Waals surface area contributed by atoms with Crippen molar-refractivity contribution in [3.63, 3.8) is 0 Å². The molecule has 0 amide bonds. The van der Waals surface area contributed by atoms with Crippen molar-refractivity contribution in [3.05, 3.63) is 92.0 Å². The minimum atomic E-state index is 0.478. The van der Waals surface area contributed by atoms with Gasteiger partial charge in [0.25, 0.3) is 11.8 Å². The van der Waals surface area contributed by atoms with E-state index in [0.717, 1.165) is 129 Å². The van der Waals surface area contributed by atoms with Crippen LogP contribution in [0.5, 0.6) is 11.8 Å². The monoisotopic (exact) mass is 1100 g/mol. The molecule has 9 aromatic rings. The normalized spacial score (nSPS) is 15.3. The second kappa shape index (κ2) is 22.7. The fraction of sp³-hybridized carbons (Fsp3) is 0.446. The zero-order chi connectivity index (χ0) is 57.4. The van der Waals surface area contributed by atoms with Crippen LogP contribution in [0.3, 0.4) is 0 Å². The Kier molecular flexibility index (Phi) is 15.9. The van der Waals surface area contributed by atoms with Crippen LogP contribution < -0.4 is 66.4 Å². The van der Waals surface area contributed by atoms with Gasteiger partial charge < -0.3 is 70.8 Å². The Labute approximate surface area is 469 Å². The summed E-state index contributed by atoms with van der Waals surface area (Å²) in [7, 11) is 27.1. The van der Waals surface area contributed by atoms with Gasteiger partial charge in [0.15, 0.2) is 11.6 Å². The first-order valence-electron chi connectivity index (χ1n) is 27.2. The number of quaternary nitrogens is 2. The van der Waals surface area contributed by atoms with Crippen LogP contribution in [0.25, 0.3) is 22.1 Å². The molecule has 9 aromatic heterocycles. The fourth-order valence-corrected chi connectivity index (χ4v) is 10.7. The molecule has 24 heteroatoms. The number of anilines is 10. The van der Waals surface area contributed by atoms with E-state index in [-0.39, 0.29) is 0 Å². The molecule has 1 unspecified atom stereocenters. The second-order valence-electron chi connectivity index (χ2n) is 23.0. The highest BCUT2D eigenvalue weighted by Gasteiger charge is 2.35. The quantitative estimate of drug-likeness (QED) is 0.0852. The fourth-order valence-electron chi connectivity index (χ4n) is 10.7. The molecule has 0 spiro atoms. The van der Waals surface area contributed by atoms with Crippen LogP contribution in [0.2, 0.25) is 0 Å². The van der Waals surface area contributed by atoms with Crippen molar-refractivity contribution in [2.24, 2.45) is 7.05 Å². The lowest BCUT2D eigenvalue weighted by Crippen LogP contribution is -2.58. The number of nitrogens with zero attached hydrogens (tertiary/aromatic N) is 18. The summed E-state index contributed by atoms with van der Waals surface area (Å²) >= 11 is 0. The van der Waals surface area contributed by atoms with E-state index < -0.39 is 0 Å². The van der Waals surface area contributed by atoms with E-state index in [1.54, 1.807) is 9.03 Å². The number of imidazole rings is 1. The second-order valence-corrected chi connectivity index (χ2v) is 23.0. The molecule has 2 aliphatic heterocycles. The van der Waals surface area contributed by atoms with Gasteiger partial charge in [-0.15, -0.1) is 20.4 Å². The van der Waals surface area contributed by atoms with E-state index >= 15 is 0 Å². The summed E-state index contributed by atoms with van der Waals surface area (Å²) in [4.78, 5) is 12.8. The summed E-state index contributed by atoms with van der Waals surface area (Å²) in [5.74, 6) is 2.75. The Bertz CT molecular complexity index is 3560. The Morgan fingerprint density at radius 1 is 0.575 bits per heavy atom. The van der Waals surface area contributed by atoms with Gasteiger partial charge >= 0.3 is 0 Å². The summed E-state index contributed by atoms with van der Waals surface area (Å²) < 4.78 is 25.1. The van der Waals surface area contributed by atoms with E-state index in [9.17, 15) is 0 Å². The molecule has 0 saturated carbocycles. The van der Waals surface area contributed by atoms with Crippen molar-refractivity contribution in [1.29, 1.82) is 0 Å². The van der Waals surface area contributed by atoms with Crippen LogP contribution in [0, 0.1) is 0 Å². The maximum Gasteiger partial charge on any atom is 0.257 e. The number of ether oxygens (including phenoxy) is 2. The highest BCUT2D eigenvalue weighted by atomic mass is 16.5. The van der Waals surface area contributed by atoms with E-state index in [1.807, 2.05) is 167 Å². The molecule has 428 valence electrons. The molecule has 0 aliphatic carbocycles. The molecule has 0 aromatic carbocycles. The van der Waals surface area contributed by atoms with Crippen molar-refractivity contribution in [3.8, 4) is 11.8 Å². The molecular weight excluding hydrogens is 1010 g/mol. The zero-order valence-corrected chi connectivity index (χ0v) is 49.2. The number of nitrogen functional groups attached to an aromatic ring is 4. The number of nitrogens with two attached hydrogens (primary N) is 4. The minimum Gasteiger partial charge on any atom is -0.471 e. The van der Waals surface area contributed by atoms with Gasteiger partial charge in [-0.3, -0.25) is 0 Å².